The van der Waals surface area contributed by atoms with Gasteiger partial charge in [0.05, 0.1) is 18.4 Å². The van der Waals surface area contributed by atoms with Crippen molar-refractivity contribution >= 4 is 22.4 Å². The molecule has 1 heterocycles. The van der Waals surface area contributed by atoms with E-state index in [2.05, 4.69) is 40.7 Å². The number of benzene rings is 3. The summed E-state index contributed by atoms with van der Waals surface area (Å²) in [6.45, 7) is 2.63. The summed E-state index contributed by atoms with van der Waals surface area (Å²) in [7, 11) is 0. The van der Waals surface area contributed by atoms with E-state index in [1.54, 1.807) is 6.20 Å². The molecular weight excluding hydrogens is 322 g/mol. The molecule has 4 rings (SSSR count). The lowest BCUT2D eigenvalue weighted by Crippen LogP contribution is -2.11. The molecule has 128 valence electrons. The highest BCUT2D eigenvalue weighted by Gasteiger charge is 2.08. The van der Waals surface area contributed by atoms with Crippen molar-refractivity contribution in [2.24, 2.45) is 0 Å². The van der Waals surface area contributed by atoms with Crippen LogP contribution in [0.4, 0.5) is 5.69 Å². The first-order chi connectivity index (χ1) is 12.7. The number of anilines is 1. The Hall–Kier alpha value is -3.40. The van der Waals surface area contributed by atoms with Crippen LogP contribution < -0.4 is 5.32 Å². The minimum Gasteiger partial charge on any atom is -0.319 e. The molecule has 4 nitrogen and oxygen atoms in total. The van der Waals surface area contributed by atoms with E-state index >= 15 is 0 Å². The molecule has 0 bridgehead atoms. The van der Waals surface area contributed by atoms with Gasteiger partial charge < -0.3 is 5.32 Å². The molecule has 1 N–H and O–H groups in total. The number of amides is 1. The number of carbonyl (C=O) groups is 1. The Labute approximate surface area is 152 Å². The Bertz CT molecular complexity index is 1080. The van der Waals surface area contributed by atoms with Crippen molar-refractivity contribution in [1.82, 2.24) is 9.78 Å². The van der Waals surface area contributed by atoms with E-state index < -0.39 is 0 Å². The second kappa shape index (κ2) is 6.84. The highest BCUT2D eigenvalue weighted by Crippen LogP contribution is 2.20. The third kappa shape index (κ3) is 3.35. The fourth-order valence-corrected chi connectivity index (χ4v) is 3.11. The molecule has 4 aromatic rings. The SMILES string of the molecule is Cc1cccc(C(=O)Nc2cnn(Cc3cccc4ccccc34)c2)c1. The number of fused-ring (bicyclic) bond motifs is 1. The smallest absolute Gasteiger partial charge is 0.255 e. The molecule has 1 aromatic heterocycles. The van der Waals surface area contributed by atoms with Crippen LogP contribution in [0.1, 0.15) is 21.5 Å². The summed E-state index contributed by atoms with van der Waals surface area (Å²) >= 11 is 0. The zero-order valence-corrected chi connectivity index (χ0v) is 14.5. The van der Waals surface area contributed by atoms with Crippen molar-refractivity contribution in [2.45, 2.75) is 13.5 Å². The molecule has 0 atom stereocenters. The van der Waals surface area contributed by atoms with Gasteiger partial charge in [-0.05, 0) is 35.4 Å². The predicted molar refractivity (Wildman–Crippen MR) is 104 cm³/mol. The van der Waals surface area contributed by atoms with Gasteiger partial charge in [-0.2, -0.15) is 5.10 Å². The number of aryl methyl sites for hydroxylation is 1. The zero-order chi connectivity index (χ0) is 17.9. The molecule has 0 fully saturated rings. The summed E-state index contributed by atoms with van der Waals surface area (Å²) in [4.78, 5) is 12.4. The fraction of sp³-hybridized carbons (Fsp3) is 0.0909. The van der Waals surface area contributed by atoms with E-state index in [9.17, 15) is 4.79 Å². The maximum atomic E-state index is 12.4. The Morgan fingerprint density at radius 2 is 1.85 bits per heavy atom. The predicted octanol–water partition coefficient (Wildman–Crippen LogP) is 4.65. The van der Waals surface area contributed by atoms with Crippen LogP contribution in [0, 0.1) is 6.92 Å². The number of carbonyl (C=O) groups excluding carboxylic acids is 1. The minimum absolute atomic E-state index is 0.126. The van der Waals surface area contributed by atoms with Gasteiger partial charge in [-0.25, -0.2) is 0 Å². The quantitative estimate of drug-likeness (QED) is 0.587. The summed E-state index contributed by atoms with van der Waals surface area (Å²) < 4.78 is 1.84. The number of nitrogens with zero attached hydrogens (tertiary/aromatic N) is 2. The number of aromatic nitrogens is 2. The molecular formula is C22H19N3O. The molecule has 0 saturated heterocycles. The first-order valence-electron chi connectivity index (χ1n) is 8.56. The van der Waals surface area contributed by atoms with E-state index in [-0.39, 0.29) is 5.91 Å². The van der Waals surface area contributed by atoms with Gasteiger partial charge in [0, 0.05) is 11.8 Å². The lowest BCUT2D eigenvalue weighted by molar-refractivity contribution is 0.102. The van der Waals surface area contributed by atoms with Crippen LogP contribution in [-0.4, -0.2) is 15.7 Å². The zero-order valence-electron chi connectivity index (χ0n) is 14.5. The fourth-order valence-electron chi connectivity index (χ4n) is 3.11. The molecule has 4 heteroatoms. The molecule has 0 unspecified atom stereocenters. The maximum absolute atomic E-state index is 12.4. The Kier molecular flexibility index (Phi) is 4.23. The van der Waals surface area contributed by atoms with Gasteiger partial charge in [-0.3, -0.25) is 9.48 Å². The van der Waals surface area contributed by atoms with Crippen LogP contribution in [0.25, 0.3) is 10.8 Å². The van der Waals surface area contributed by atoms with E-state index in [4.69, 9.17) is 0 Å². The van der Waals surface area contributed by atoms with Gasteiger partial charge in [-0.15, -0.1) is 0 Å². The number of nitrogens with one attached hydrogen (secondary N) is 1. The Morgan fingerprint density at radius 1 is 1.04 bits per heavy atom. The number of hydrogen-bond acceptors (Lipinski definition) is 2. The van der Waals surface area contributed by atoms with Crippen molar-refractivity contribution in [3.63, 3.8) is 0 Å². The van der Waals surface area contributed by atoms with E-state index in [0.717, 1.165) is 5.56 Å². The van der Waals surface area contributed by atoms with Crippen LogP contribution in [-0.2, 0) is 6.54 Å². The summed E-state index contributed by atoms with van der Waals surface area (Å²) in [6, 6.07) is 22.1. The molecule has 0 aliphatic rings. The van der Waals surface area contributed by atoms with Crippen molar-refractivity contribution in [2.75, 3.05) is 5.32 Å². The van der Waals surface area contributed by atoms with Gasteiger partial charge >= 0.3 is 0 Å². The molecule has 0 spiro atoms. The summed E-state index contributed by atoms with van der Waals surface area (Å²) in [6.07, 6.45) is 3.54. The largest absolute Gasteiger partial charge is 0.319 e. The van der Waals surface area contributed by atoms with E-state index in [0.29, 0.717) is 17.8 Å². The first-order valence-corrected chi connectivity index (χ1v) is 8.56. The summed E-state index contributed by atoms with van der Waals surface area (Å²) in [5.74, 6) is -0.126. The van der Waals surface area contributed by atoms with Crippen molar-refractivity contribution < 1.29 is 4.79 Å². The lowest BCUT2D eigenvalue weighted by Gasteiger charge is -2.07. The van der Waals surface area contributed by atoms with Crippen LogP contribution in [0.2, 0.25) is 0 Å². The van der Waals surface area contributed by atoms with Gasteiger partial charge in [0.2, 0.25) is 0 Å². The second-order valence-electron chi connectivity index (χ2n) is 6.39. The Morgan fingerprint density at radius 3 is 2.73 bits per heavy atom. The molecule has 0 radical (unpaired) electrons. The Balaban J connectivity index is 1.52. The van der Waals surface area contributed by atoms with Crippen molar-refractivity contribution in [1.29, 1.82) is 0 Å². The van der Waals surface area contributed by atoms with E-state index in [1.165, 1.54) is 16.3 Å². The molecule has 0 aliphatic heterocycles. The average molecular weight is 341 g/mol. The highest BCUT2D eigenvalue weighted by molar-refractivity contribution is 6.04. The summed E-state index contributed by atoms with van der Waals surface area (Å²) in [5, 5.41) is 9.72. The van der Waals surface area contributed by atoms with E-state index in [1.807, 2.05) is 54.2 Å². The van der Waals surface area contributed by atoms with Gasteiger partial charge in [0.1, 0.15) is 0 Å². The lowest BCUT2D eigenvalue weighted by atomic mass is 10.0. The third-order valence-electron chi connectivity index (χ3n) is 4.38. The topological polar surface area (TPSA) is 46.9 Å². The standard InChI is InChI=1S/C22H19N3O/c1-16-6-4-9-18(12-16)22(26)24-20-13-23-25(15-20)14-19-10-5-8-17-7-2-3-11-21(17)19/h2-13,15H,14H2,1H3,(H,24,26). The highest BCUT2D eigenvalue weighted by atomic mass is 16.1. The monoisotopic (exact) mass is 341 g/mol. The number of rotatable bonds is 4. The van der Waals surface area contributed by atoms with Gasteiger partial charge in [0.25, 0.3) is 5.91 Å². The molecule has 0 aliphatic carbocycles. The van der Waals surface area contributed by atoms with Crippen molar-refractivity contribution in [3.05, 3.63) is 95.8 Å². The van der Waals surface area contributed by atoms with Crippen molar-refractivity contribution in [3.8, 4) is 0 Å². The molecule has 3 aromatic carbocycles. The molecule has 26 heavy (non-hydrogen) atoms. The van der Waals surface area contributed by atoms with Gasteiger partial charge in [0.15, 0.2) is 0 Å². The average Bonchev–Trinajstić information content (AvgIpc) is 3.09. The maximum Gasteiger partial charge on any atom is 0.255 e. The number of hydrogen-bond donors (Lipinski definition) is 1. The minimum atomic E-state index is -0.126. The van der Waals surface area contributed by atoms with Crippen LogP contribution in [0.5, 0.6) is 0 Å². The van der Waals surface area contributed by atoms with Gasteiger partial charge in [-0.1, -0.05) is 60.2 Å². The second-order valence-corrected chi connectivity index (χ2v) is 6.39. The van der Waals surface area contributed by atoms with Crippen LogP contribution >= 0.6 is 0 Å². The third-order valence-corrected chi connectivity index (χ3v) is 4.38. The molecule has 0 saturated carbocycles. The van der Waals surface area contributed by atoms with Crippen LogP contribution in [0.15, 0.2) is 79.1 Å². The normalized spacial score (nSPS) is 10.8. The molecule has 1 amide bonds. The first kappa shape index (κ1) is 16.1. The summed E-state index contributed by atoms with van der Waals surface area (Å²) in [5.41, 5.74) is 3.59. The van der Waals surface area contributed by atoms with Crippen LogP contribution in [0.3, 0.4) is 0 Å².